The molecule has 0 radical (unpaired) electrons. The zero-order valence-corrected chi connectivity index (χ0v) is 18.8. The van der Waals surface area contributed by atoms with Gasteiger partial charge in [-0.2, -0.15) is 0 Å². The fraction of sp³-hybridized carbons (Fsp3) is 0.476. The molecular formula is C21H30N4O4S. The summed E-state index contributed by atoms with van der Waals surface area (Å²) < 4.78 is 32.6. The summed E-state index contributed by atoms with van der Waals surface area (Å²) in [5.41, 5.74) is 1.45. The number of nitrogens with zero attached hydrogens (tertiary/aromatic N) is 2. The minimum atomic E-state index is -3.83. The van der Waals surface area contributed by atoms with Crippen LogP contribution in [-0.2, 0) is 16.6 Å². The molecule has 0 atom stereocenters. The normalized spacial score (nSPS) is 15.9. The molecule has 1 saturated heterocycles. The number of hydrogen-bond acceptors (Lipinski definition) is 6. The molecule has 1 aromatic heterocycles. The van der Waals surface area contributed by atoms with Crippen molar-refractivity contribution in [2.24, 2.45) is 0 Å². The van der Waals surface area contributed by atoms with Gasteiger partial charge in [0.25, 0.3) is 15.9 Å². The van der Waals surface area contributed by atoms with E-state index in [9.17, 15) is 13.2 Å². The van der Waals surface area contributed by atoms with Crippen LogP contribution >= 0.6 is 0 Å². The maximum Gasteiger partial charge on any atom is 0.287 e. The van der Waals surface area contributed by atoms with E-state index in [1.54, 1.807) is 20.8 Å². The number of para-hydroxylation sites is 1. The van der Waals surface area contributed by atoms with Gasteiger partial charge in [0.2, 0.25) is 5.09 Å². The van der Waals surface area contributed by atoms with E-state index in [2.05, 4.69) is 33.0 Å². The van der Waals surface area contributed by atoms with Crippen molar-refractivity contribution in [1.82, 2.24) is 14.9 Å². The zero-order chi connectivity index (χ0) is 21.9. The molecule has 2 heterocycles. The van der Waals surface area contributed by atoms with Crippen molar-refractivity contribution in [2.45, 2.75) is 37.9 Å². The highest BCUT2D eigenvalue weighted by Gasteiger charge is 2.26. The third-order valence-electron chi connectivity index (χ3n) is 4.79. The SMILES string of the molecule is CN1CCN(c2ccccc2CNC(=O)c2ccc(S(=O)(=O)NC(C)(C)C)o2)CC1. The molecule has 8 nitrogen and oxygen atoms in total. The van der Waals surface area contributed by atoms with Gasteiger partial charge in [0.1, 0.15) is 0 Å². The van der Waals surface area contributed by atoms with Gasteiger partial charge in [0.15, 0.2) is 5.76 Å². The molecule has 1 aromatic carbocycles. The Labute approximate surface area is 178 Å². The number of anilines is 1. The highest BCUT2D eigenvalue weighted by molar-refractivity contribution is 7.89. The van der Waals surface area contributed by atoms with E-state index in [1.165, 1.54) is 12.1 Å². The van der Waals surface area contributed by atoms with Crippen molar-refractivity contribution in [2.75, 3.05) is 38.1 Å². The first kappa shape index (κ1) is 22.3. The summed E-state index contributed by atoms with van der Waals surface area (Å²) in [6.45, 7) is 9.38. The number of carbonyl (C=O) groups excluding carboxylic acids is 1. The number of likely N-dealkylation sites (N-methyl/N-ethyl adjacent to an activating group) is 1. The summed E-state index contributed by atoms with van der Waals surface area (Å²) in [4.78, 5) is 17.1. The Morgan fingerprint density at radius 2 is 1.73 bits per heavy atom. The van der Waals surface area contributed by atoms with Crippen LogP contribution in [0, 0.1) is 0 Å². The molecule has 1 aliphatic heterocycles. The number of amides is 1. The van der Waals surface area contributed by atoms with Gasteiger partial charge in [-0.05, 0) is 51.6 Å². The van der Waals surface area contributed by atoms with Crippen LogP contribution in [0.4, 0.5) is 5.69 Å². The minimum absolute atomic E-state index is 0.0404. The average molecular weight is 435 g/mol. The first-order chi connectivity index (χ1) is 14.0. The molecule has 0 aliphatic carbocycles. The van der Waals surface area contributed by atoms with Crippen LogP contribution in [0.5, 0.6) is 0 Å². The fourth-order valence-corrected chi connectivity index (χ4v) is 4.67. The van der Waals surface area contributed by atoms with E-state index in [-0.39, 0.29) is 10.9 Å². The maximum absolute atomic E-state index is 12.5. The van der Waals surface area contributed by atoms with Crippen LogP contribution in [-0.4, -0.2) is 58.0 Å². The second-order valence-corrected chi connectivity index (χ2v) is 10.2. The van der Waals surface area contributed by atoms with Crippen molar-refractivity contribution in [3.05, 3.63) is 47.7 Å². The Bertz CT molecular complexity index is 986. The van der Waals surface area contributed by atoms with Gasteiger partial charge in [-0.15, -0.1) is 0 Å². The summed E-state index contributed by atoms with van der Waals surface area (Å²) in [6, 6.07) is 10.6. The lowest BCUT2D eigenvalue weighted by molar-refractivity contribution is 0.0918. The quantitative estimate of drug-likeness (QED) is 0.723. The van der Waals surface area contributed by atoms with Crippen molar-refractivity contribution < 1.29 is 17.6 Å². The van der Waals surface area contributed by atoms with Crippen molar-refractivity contribution in [3.8, 4) is 0 Å². The number of furan rings is 1. The Balaban J connectivity index is 1.67. The molecule has 0 saturated carbocycles. The molecule has 9 heteroatoms. The van der Waals surface area contributed by atoms with E-state index < -0.39 is 21.5 Å². The van der Waals surface area contributed by atoms with Gasteiger partial charge >= 0.3 is 0 Å². The standard InChI is InChI=1S/C21H30N4O4S/c1-21(2,3)23-30(27,28)19-10-9-18(29-19)20(26)22-15-16-7-5-6-8-17(16)25-13-11-24(4)12-14-25/h5-10,23H,11-15H2,1-4H3,(H,22,26). The van der Waals surface area contributed by atoms with Crippen molar-refractivity contribution in [3.63, 3.8) is 0 Å². The van der Waals surface area contributed by atoms with Crippen molar-refractivity contribution in [1.29, 1.82) is 0 Å². The second-order valence-electron chi connectivity index (χ2n) is 8.58. The predicted molar refractivity (Wildman–Crippen MR) is 116 cm³/mol. The molecule has 0 bridgehead atoms. The molecule has 30 heavy (non-hydrogen) atoms. The monoisotopic (exact) mass is 434 g/mol. The molecule has 2 aromatic rings. The number of hydrogen-bond donors (Lipinski definition) is 2. The topological polar surface area (TPSA) is 94.9 Å². The number of piperazine rings is 1. The molecule has 164 valence electrons. The summed E-state index contributed by atoms with van der Waals surface area (Å²) in [5, 5.41) is 2.55. The predicted octanol–water partition coefficient (Wildman–Crippen LogP) is 2.04. The first-order valence-electron chi connectivity index (χ1n) is 9.98. The number of benzene rings is 1. The highest BCUT2D eigenvalue weighted by atomic mass is 32.2. The van der Waals surface area contributed by atoms with Crippen LogP contribution in [0.25, 0.3) is 0 Å². The van der Waals surface area contributed by atoms with Gasteiger partial charge in [-0.3, -0.25) is 4.79 Å². The third-order valence-corrected chi connectivity index (χ3v) is 6.42. The van der Waals surface area contributed by atoms with Gasteiger partial charge in [-0.25, -0.2) is 13.1 Å². The lowest BCUT2D eigenvalue weighted by Crippen LogP contribution is -2.45. The molecule has 2 N–H and O–H groups in total. The summed E-state index contributed by atoms with van der Waals surface area (Å²) in [6.07, 6.45) is 0. The minimum Gasteiger partial charge on any atom is -0.438 e. The average Bonchev–Trinajstić information content (AvgIpc) is 3.17. The number of carbonyl (C=O) groups is 1. The Hall–Kier alpha value is -2.36. The molecule has 1 aliphatic rings. The zero-order valence-electron chi connectivity index (χ0n) is 17.9. The fourth-order valence-electron chi connectivity index (χ4n) is 3.32. The molecule has 0 unspecified atom stereocenters. The maximum atomic E-state index is 12.5. The summed E-state index contributed by atoms with van der Waals surface area (Å²) in [5.74, 6) is -0.498. The van der Waals surface area contributed by atoms with Gasteiger partial charge in [0, 0.05) is 44.0 Å². The Morgan fingerprint density at radius 3 is 2.40 bits per heavy atom. The molecule has 1 amide bonds. The van der Waals surface area contributed by atoms with Crippen LogP contribution in [0.15, 0.2) is 45.9 Å². The van der Waals surface area contributed by atoms with E-state index in [1.807, 2.05) is 18.2 Å². The van der Waals surface area contributed by atoms with Gasteiger partial charge in [-0.1, -0.05) is 18.2 Å². The van der Waals surface area contributed by atoms with Gasteiger partial charge in [0.05, 0.1) is 0 Å². The van der Waals surface area contributed by atoms with Crippen LogP contribution in [0.2, 0.25) is 0 Å². The van der Waals surface area contributed by atoms with Crippen molar-refractivity contribution >= 4 is 21.6 Å². The first-order valence-corrected chi connectivity index (χ1v) is 11.5. The largest absolute Gasteiger partial charge is 0.438 e. The van der Waals surface area contributed by atoms with E-state index in [0.29, 0.717) is 6.54 Å². The van der Waals surface area contributed by atoms with Crippen LogP contribution in [0.3, 0.4) is 0 Å². The molecular weight excluding hydrogens is 404 g/mol. The number of nitrogens with one attached hydrogen (secondary N) is 2. The van der Waals surface area contributed by atoms with Gasteiger partial charge < -0.3 is 19.5 Å². The van der Waals surface area contributed by atoms with E-state index in [4.69, 9.17) is 4.42 Å². The molecule has 3 rings (SSSR count). The lowest BCUT2D eigenvalue weighted by atomic mass is 10.1. The Kier molecular flexibility index (Phi) is 6.54. The summed E-state index contributed by atoms with van der Waals surface area (Å²) >= 11 is 0. The van der Waals surface area contributed by atoms with E-state index >= 15 is 0 Å². The van der Waals surface area contributed by atoms with Crippen LogP contribution in [0.1, 0.15) is 36.9 Å². The Morgan fingerprint density at radius 1 is 1.07 bits per heavy atom. The molecule has 0 spiro atoms. The summed E-state index contributed by atoms with van der Waals surface area (Å²) in [7, 11) is -1.72. The second kappa shape index (κ2) is 8.79. The highest BCUT2D eigenvalue weighted by Crippen LogP contribution is 2.22. The number of sulfonamides is 1. The molecule has 1 fully saturated rings. The van der Waals surface area contributed by atoms with E-state index in [0.717, 1.165) is 37.4 Å². The lowest BCUT2D eigenvalue weighted by Gasteiger charge is -2.35. The third kappa shape index (κ3) is 5.62. The smallest absolute Gasteiger partial charge is 0.287 e. The van der Waals surface area contributed by atoms with Crippen LogP contribution < -0.4 is 14.9 Å². The number of rotatable bonds is 6.